The Morgan fingerprint density at radius 1 is 1.25 bits per heavy atom. The molecule has 2 nitrogen and oxygen atoms in total. The van der Waals surface area contributed by atoms with Crippen LogP contribution in [0.1, 0.15) is 16.1 Å². The number of halogens is 3. The number of nitrogens with one attached hydrogen (secondary N) is 1. The number of aromatic nitrogens is 1. The van der Waals surface area contributed by atoms with Crippen LogP contribution in [0.4, 0.5) is 13.2 Å². The number of thiazole rings is 1. The van der Waals surface area contributed by atoms with Crippen molar-refractivity contribution < 1.29 is 13.2 Å². The Bertz CT molecular complexity index is 619. The fourth-order valence-electron chi connectivity index (χ4n) is 2.33. The van der Waals surface area contributed by atoms with Gasteiger partial charge < -0.3 is 5.32 Å². The van der Waals surface area contributed by atoms with E-state index in [2.05, 4.69) is 10.3 Å². The molecule has 0 atom stereocenters. The van der Waals surface area contributed by atoms with E-state index in [4.69, 9.17) is 0 Å². The zero-order valence-corrected chi connectivity index (χ0v) is 11.4. The number of benzene rings is 1. The lowest BCUT2D eigenvalue weighted by Gasteiger charge is -2.17. The van der Waals surface area contributed by atoms with Crippen molar-refractivity contribution in [1.82, 2.24) is 10.3 Å². The van der Waals surface area contributed by atoms with Crippen LogP contribution in [-0.4, -0.2) is 17.7 Å². The van der Waals surface area contributed by atoms with Gasteiger partial charge in [-0.2, -0.15) is 13.2 Å². The molecule has 20 heavy (non-hydrogen) atoms. The van der Waals surface area contributed by atoms with Crippen LogP contribution in [0.3, 0.4) is 0 Å². The lowest BCUT2D eigenvalue weighted by molar-refractivity contribution is -0.127. The summed E-state index contributed by atoms with van der Waals surface area (Å²) in [5.41, 5.74) is 4.04. The Labute approximate surface area is 118 Å². The van der Waals surface area contributed by atoms with Gasteiger partial charge in [-0.1, -0.05) is 12.1 Å². The summed E-state index contributed by atoms with van der Waals surface area (Å²) < 4.78 is 37.0. The van der Waals surface area contributed by atoms with Crippen molar-refractivity contribution in [3.8, 4) is 11.3 Å². The lowest BCUT2D eigenvalue weighted by Crippen LogP contribution is -2.23. The summed E-state index contributed by atoms with van der Waals surface area (Å²) >= 11 is 1.07. The molecule has 0 spiro atoms. The van der Waals surface area contributed by atoms with E-state index < -0.39 is 12.6 Å². The van der Waals surface area contributed by atoms with E-state index in [1.54, 1.807) is 5.38 Å². The molecular formula is C14H13F3N2S. The number of rotatable bonds is 2. The van der Waals surface area contributed by atoms with E-state index in [0.29, 0.717) is 5.69 Å². The molecule has 2 aromatic rings. The average Bonchev–Trinajstić information content (AvgIpc) is 2.84. The fourth-order valence-corrected chi connectivity index (χ4v) is 3.17. The molecule has 6 heteroatoms. The second kappa shape index (κ2) is 5.18. The molecule has 1 aliphatic heterocycles. The number of fused-ring (bicyclic) bond motifs is 1. The second-order valence-corrected chi connectivity index (χ2v) is 5.77. The summed E-state index contributed by atoms with van der Waals surface area (Å²) in [6.07, 6.45) is -4.20. The standard InChI is InChI=1S/C14H13F3N2S/c15-14(16,17)6-13-19-12(8-20-13)10-1-2-11-7-18-4-3-9(11)5-10/h1-2,5,8,18H,3-4,6-7H2. The SMILES string of the molecule is FC(F)(F)Cc1nc(-c2ccc3c(c2)CCNC3)cs1. The molecule has 0 saturated heterocycles. The molecule has 0 amide bonds. The highest BCUT2D eigenvalue weighted by Gasteiger charge is 2.29. The van der Waals surface area contributed by atoms with E-state index in [-0.39, 0.29) is 5.01 Å². The Kier molecular flexibility index (Phi) is 3.52. The molecule has 0 aliphatic carbocycles. The zero-order valence-electron chi connectivity index (χ0n) is 10.6. The minimum Gasteiger partial charge on any atom is -0.312 e. The minimum atomic E-state index is -4.20. The van der Waals surface area contributed by atoms with Crippen molar-refractivity contribution >= 4 is 11.3 Å². The molecule has 0 saturated carbocycles. The largest absolute Gasteiger partial charge is 0.395 e. The summed E-state index contributed by atoms with van der Waals surface area (Å²) in [4.78, 5) is 4.10. The summed E-state index contributed by atoms with van der Waals surface area (Å²) in [7, 11) is 0. The zero-order chi connectivity index (χ0) is 14.2. The van der Waals surface area contributed by atoms with E-state index >= 15 is 0 Å². The molecule has 0 radical (unpaired) electrons. The summed E-state index contributed by atoms with van der Waals surface area (Å²) in [5, 5.41) is 5.11. The highest BCUT2D eigenvalue weighted by Crippen LogP contribution is 2.29. The van der Waals surface area contributed by atoms with Crippen LogP contribution in [0.25, 0.3) is 11.3 Å². The minimum absolute atomic E-state index is 0.117. The van der Waals surface area contributed by atoms with Gasteiger partial charge in [-0.3, -0.25) is 0 Å². The predicted octanol–water partition coefficient (Wildman–Crippen LogP) is 3.56. The number of alkyl halides is 3. The summed E-state index contributed by atoms with van der Waals surface area (Å²) in [6, 6.07) is 6.00. The van der Waals surface area contributed by atoms with Gasteiger partial charge in [0.05, 0.1) is 12.1 Å². The third kappa shape index (κ3) is 3.02. The van der Waals surface area contributed by atoms with Gasteiger partial charge >= 0.3 is 6.18 Å². The maximum atomic E-state index is 12.3. The molecule has 0 fully saturated rings. The Morgan fingerprint density at radius 2 is 2.10 bits per heavy atom. The summed E-state index contributed by atoms with van der Waals surface area (Å²) in [5.74, 6) is 0. The van der Waals surface area contributed by atoms with Crippen molar-refractivity contribution in [3.63, 3.8) is 0 Å². The second-order valence-electron chi connectivity index (χ2n) is 4.83. The van der Waals surface area contributed by atoms with E-state index in [1.165, 1.54) is 11.1 Å². The van der Waals surface area contributed by atoms with Crippen molar-refractivity contribution in [3.05, 3.63) is 39.7 Å². The quantitative estimate of drug-likeness (QED) is 0.917. The topological polar surface area (TPSA) is 24.9 Å². The molecule has 0 unspecified atom stereocenters. The highest BCUT2D eigenvalue weighted by atomic mass is 32.1. The molecule has 2 heterocycles. The van der Waals surface area contributed by atoms with Gasteiger partial charge in [-0.15, -0.1) is 11.3 Å². The lowest BCUT2D eigenvalue weighted by atomic mass is 9.98. The van der Waals surface area contributed by atoms with Gasteiger partial charge in [-0.05, 0) is 30.2 Å². The van der Waals surface area contributed by atoms with Crippen molar-refractivity contribution in [2.24, 2.45) is 0 Å². The van der Waals surface area contributed by atoms with Crippen molar-refractivity contribution in [1.29, 1.82) is 0 Å². The normalized spacial score (nSPS) is 15.2. The van der Waals surface area contributed by atoms with Gasteiger partial charge in [-0.25, -0.2) is 4.98 Å². The van der Waals surface area contributed by atoms with Crippen LogP contribution in [0, 0.1) is 0 Å². The first kappa shape index (κ1) is 13.6. The van der Waals surface area contributed by atoms with E-state index in [1.807, 2.05) is 18.2 Å². The van der Waals surface area contributed by atoms with Crippen LogP contribution in [0.5, 0.6) is 0 Å². The van der Waals surface area contributed by atoms with Crippen LogP contribution < -0.4 is 5.32 Å². The van der Waals surface area contributed by atoms with Crippen LogP contribution in [-0.2, 0) is 19.4 Å². The molecule has 1 aromatic heterocycles. The van der Waals surface area contributed by atoms with Gasteiger partial charge in [0.1, 0.15) is 5.01 Å². The third-order valence-corrected chi connectivity index (χ3v) is 4.14. The smallest absolute Gasteiger partial charge is 0.312 e. The number of hydrogen-bond donors (Lipinski definition) is 1. The molecule has 3 rings (SSSR count). The Morgan fingerprint density at radius 3 is 2.90 bits per heavy atom. The van der Waals surface area contributed by atoms with Gasteiger partial charge in [0, 0.05) is 17.5 Å². The molecular weight excluding hydrogens is 285 g/mol. The Hall–Kier alpha value is -1.40. The van der Waals surface area contributed by atoms with E-state index in [0.717, 1.165) is 36.4 Å². The molecule has 1 N–H and O–H groups in total. The molecule has 0 bridgehead atoms. The van der Waals surface area contributed by atoms with Gasteiger partial charge in [0.25, 0.3) is 0 Å². The van der Waals surface area contributed by atoms with Gasteiger partial charge in [0.15, 0.2) is 0 Å². The fraction of sp³-hybridized carbons (Fsp3) is 0.357. The average molecular weight is 298 g/mol. The highest BCUT2D eigenvalue weighted by molar-refractivity contribution is 7.09. The maximum absolute atomic E-state index is 12.3. The monoisotopic (exact) mass is 298 g/mol. The molecule has 1 aromatic carbocycles. The number of hydrogen-bond acceptors (Lipinski definition) is 3. The van der Waals surface area contributed by atoms with Crippen molar-refractivity contribution in [2.45, 2.75) is 25.6 Å². The number of nitrogens with zero attached hydrogens (tertiary/aromatic N) is 1. The Balaban J connectivity index is 1.86. The maximum Gasteiger partial charge on any atom is 0.395 e. The van der Waals surface area contributed by atoms with Crippen LogP contribution in [0.2, 0.25) is 0 Å². The molecule has 106 valence electrons. The summed E-state index contributed by atoms with van der Waals surface area (Å²) in [6.45, 7) is 1.79. The third-order valence-electron chi connectivity index (χ3n) is 3.29. The van der Waals surface area contributed by atoms with Crippen LogP contribution >= 0.6 is 11.3 Å². The molecule has 1 aliphatic rings. The van der Waals surface area contributed by atoms with Gasteiger partial charge in [0.2, 0.25) is 0 Å². The first-order valence-electron chi connectivity index (χ1n) is 6.35. The van der Waals surface area contributed by atoms with Crippen LogP contribution in [0.15, 0.2) is 23.6 Å². The van der Waals surface area contributed by atoms with E-state index in [9.17, 15) is 13.2 Å². The predicted molar refractivity (Wildman–Crippen MR) is 72.7 cm³/mol. The first-order chi connectivity index (χ1) is 9.51. The van der Waals surface area contributed by atoms with Crippen molar-refractivity contribution in [2.75, 3.05) is 6.54 Å². The first-order valence-corrected chi connectivity index (χ1v) is 7.23.